The second kappa shape index (κ2) is 18.0. The summed E-state index contributed by atoms with van der Waals surface area (Å²) < 4.78 is 5.22. The predicted molar refractivity (Wildman–Crippen MR) is 270 cm³/mol. The summed E-state index contributed by atoms with van der Waals surface area (Å²) in [5.41, 5.74) is 4.30. The van der Waals surface area contributed by atoms with Crippen molar-refractivity contribution in [1.82, 2.24) is 9.97 Å². The van der Waals surface area contributed by atoms with Gasteiger partial charge < -0.3 is 0 Å². The number of hydrogen-bond donors (Lipinski definition) is 0. The zero-order valence-electron chi connectivity index (χ0n) is 35.2. The summed E-state index contributed by atoms with van der Waals surface area (Å²) in [4.78, 5) is 10.6. The molecule has 0 aliphatic rings. The Morgan fingerprint density at radius 1 is 0.328 bits per heavy atom. The van der Waals surface area contributed by atoms with Gasteiger partial charge in [-0.3, -0.25) is 0 Å². The Morgan fingerprint density at radius 2 is 0.656 bits per heavy atom. The molecule has 1 aromatic heterocycles. The Hall–Kier alpha value is -7.69. The average Bonchev–Trinajstić information content (AvgIpc) is 3.39. The third kappa shape index (κ3) is 7.21. The topological polar surface area (TPSA) is 49.6 Å². The van der Waals surface area contributed by atoms with Crippen LogP contribution in [0.2, 0.25) is 0 Å². The van der Waals surface area contributed by atoms with Crippen molar-refractivity contribution in [3.05, 3.63) is 266 Å². The summed E-state index contributed by atoms with van der Waals surface area (Å²) in [5, 5.41) is 16.4. The van der Waals surface area contributed by atoms with Crippen molar-refractivity contribution in [3.8, 4) is 40.0 Å². The predicted octanol–water partition coefficient (Wildman–Crippen LogP) is 8.10. The molecule has 0 saturated heterocycles. The summed E-state index contributed by atoms with van der Waals surface area (Å²) in [6.07, 6.45) is 0. The van der Waals surface area contributed by atoms with E-state index in [4.69, 9.17) is 9.97 Å². The molecule has 0 amide bonds. The SMILES string of the molecule is N#Cc1c(-c2cccc([Si](c3ccccc3)(c3ccccc3)c3ccccc3)c2)nc(-c2ccccc2)nc1-c1ccc[c]([Ge]([c]2ccccc2)([c]2ccccc2)[c]2ccccc2)c1. The third-order valence-electron chi connectivity index (χ3n) is 12.4. The van der Waals surface area contributed by atoms with Gasteiger partial charge in [-0.05, 0) is 0 Å². The van der Waals surface area contributed by atoms with E-state index in [0.717, 1.165) is 16.7 Å². The van der Waals surface area contributed by atoms with Crippen molar-refractivity contribution in [2.45, 2.75) is 0 Å². The van der Waals surface area contributed by atoms with Gasteiger partial charge in [0.1, 0.15) is 0 Å². The van der Waals surface area contributed by atoms with Crippen LogP contribution in [0.3, 0.4) is 0 Å². The number of nitrogens with zero attached hydrogens (tertiary/aromatic N) is 3. The van der Waals surface area contributed by atoms with E-state index in [1.807, 2.05) is 30.3 Å². The van der Waals surface area contributed by atoms with Gasteiger partial charge in [0, 0.05) is 0 Å². The molecule has 0 N–H and O–H groups in total. The van der Waals surface area contributed by atoms with E-state index in [1.54, 1.807) is 0 Å². The van der Waals surface area contributed by atoms with E-state index >= 15 is 0 Å². The normalized spacial score (nSPS) is 11.4. The summed E-state index contributed by atoms with van der Waals surface area (Å²) in [5.74, 6) is 0.570. The fraction of sp³-hybridized carbons (Fsp3) is 0. The minimum absolute atomic E-state index is 0.442. The zero-order chi connectivity index (χ0) is 43.2. The second-order valence-corrected chi connectivity index (χ2v) is 27.8. The molecule has 0 saturated carbocycles. The molecule has 0 unspecified atom stereocenters. The third-order valence-corrected chi connectivity index (χ3v) is 27.2. The van der Waals surface area contributed by atoms with E-state index in [0.29, 0.717) is 22.8 Å². The quantitative estimate of drug-likeness (QED) is 0.0976. The summed E-state index contributed by atoms with van der Waals surface area (Å²) in [7, 11) is -2.89. The molecule has 0 atom stereocenters. The first-order valence-corrected chi connectivity index (χ1v) is 27.8. The van der Waals surface area contributed by atoms with Gasteiger partial charge in [0.2, 0.25) is 0 Å². The molecule has 64 heavy (non-hydrogen) atoms. The summed E-state index contributed by atoms with van der Waals surface area (Å²) in [6.45, 7) is 0. The van der Waals surface area contributed by atoms with Gasteiger partial charge in [0.25, 0.3) is 0 Å². The Morgan fingerprint density at radius 3 is 1.08 bits per heavy atom. The van der Waals surface area contributed by atoms with E-state index in [9.17, 15) is 5.26 Å². The molecule has 0 spiro atoms. The van der Waals surface area contributed by atoms with Gasteiger partial charge >= 0.3 is 327 Å². The fourth-order valence-corrected chi connectivity index (χ4v) is 24.5. The molecular formula is C59H43GeN3Si. The molecule has 0 radical (unpaired) electrons. The summed E-state index contributed by atoms with van der Waals surface area (Å²) in [6, 6.07) is 96.1. The number of hydrogen-bond acceptors (Lipinski definition) is 3. The number of benzene rings is 9. The standard InChI is InChI=1S/C59H43GeN3Si/c61-44-56-57(46-26-22-34-51(42-46)60(48-28-10-2-11-29-48,49-30-12-3-13-31-49)50-32-14-4-15-33-50)62-59(45-24-8-1-9-25-45)63-58(56)47-27-23-41-55(43-47)64(52-35-16-5-17-36-52,53-37-18-6-19-38-53)54-39-20-7-21-40-54/h1-43H. The van der Waals surface area contributed by atoms with Crippen LogP contribution in [0.5, 0.6) is 0 Å². The van der Waals surface area contributed by atoms with Crippen molar-refractivity contribution in [3.63, 3.8) is 0 Å². The van der Waals surface area contributed by atoms with Crippen LogP contribution >= 0.6 is 0 Å². The van der Waals surface area contributed by atoms with Gasteiger partial charge in [-0.15, -0.1) is 0 Å². The maximum atomic E-state index is 11.4. The van der Waals surface area contributed by atoms with Gasteiger partial charge in [0.15, 0.2) is 0 Å². The number of rotatable bonds is 11. The van der Waals surface area contributed by atoms with Crippen LogP contribution in [-0.4, -0.2) is 31.3 Å². The van der Waals surface area contributed by atoms with Gasteiger partial charge in [-0.1, -0.05) is 54.6 Å². The first-order valence-electron chi connectivity index (χ1n) is 21.6. The second-order valence-electron chi connectivity index (χ2n) is 16.0. The molecule has 9 aromatic carbocycles. The molecule has 0 aliphatic carbocycles. The minimum atomic E-state index is -3.67. The van der Waals surface area contributed by atoms with Crippen LogP contribution in [-0.2, 0) is 0 Å². The van der Waals surface area contributed by atoms with Gasteiger partial charge in [0.05, 0.1) is 0 Å². The van der Waals surface area contributed by atoms with Gasteiger partial charge in [-0.2, -0.15) is 0 Å². The molecule has 0 aliphatic heterocycles. The van der Waals surface area contributed by atoms with Crippen LogP contribution in [0.4, 0.5) is 0 Å². The molecule has 1 heterocycles. The monoisotopic (exact) mass is 895 g/mol. The van der Waals surface area contributed by atoms with Crippen molar-refractivity contribution in [2.24, 2.45) is 0 Å². The first-order chi connectivity index (χ1) is 31.7. The van der Waals surface area contributed by atoms with Gasteiger partial charge in [-0.25, -0.2) is 0 Å². The van der Waals surface area contributed by atoms with Crippen LogP contribution in [0.25, 0.3) is 33.9 Å². The van der Waals surface area contributed by atoms with Crippen LogP contribution < -0.4 is 38.3 Å². The molecule has 10 aromatic rings. The first kappa shape index (κ1) is 40.4. The van der Waals surface area contributed by atoms with E-state index in [-0.39, 0.29) is 0 Å². The van der Waals surface area contributed by atoms with E-state index in [2.05, 4.69) is 237 Å². The van der Waals surface area contributed by atoms with Crippen molar-refractivity contribution in [2.75, 3.05) is 0 Å². The molecule has 0 fully saturated rings. The Labute approximate surface area is 379 Å². The van der Waals surface area contributed by atoms with Crippen LogP contribution in [0, 0.1) is 11.3 Å². The molecular weight excluding hydrogens is 851 g/mol. The van der Waals surface area contributed by atoms with Crippen molar-refractivity contribution >= 4 is 59.7 Å². The Bertz CT molecular complexity index is 2810. The van der Waals surface area contributed by atoms with Crippen molar-refractivity contribution in [1.29, 1.82) is 5.26 Å². The zero-order valence-corrected chi connectivity index (χ0v) is 38.3. The number of aromatic nitrogens is 2. The number of nitriles is 1. The van der Waals surface area contributed by atoms with E-state index < -0.39 is 21.3 Å². The molecule has 302 valence electrons. The van der Waals surface area contributed by atoms with Crippen LogP contribution in [0.15, 0.2) is 261 Å². The fourth-order valence-electron chi connectivity index (χ4n) is 9.63. The molecule has 5 heteroatoms. The Balaban J connectivity index is 1.24. The average molecular weight is 895 g/mol. The molecule has 3 nitrogen and oxygen atoms in total. The maximum absolute atomic E-state index is 11.4. The van der Waals surface area contributed by atoms with Crippen molar-refractivity contribution < 1.29 is 0 Å². The van der Waals surface area contributed by atoms with Crippen LogP contribution in [0.1, 0.15) is 5.56 Å². The molecule has 0 bridgehead atoms. The summed E-state index contributed by atoms with van der Waals surface area (Å²) >= 11 is -3.67. The van der Waals surface area contributed by atoms with E-state index in [1.165, 1.54) is 38.3 Å². The molecule has 10 rings (SSSR count). The Kier molecular flexibility index (Phi) is 11.3.